The average Bonchev–Trinajstić information content (AvgIpc) is 3.12. The number of anilines is 1. The van der Waals surface area contributed by atoms with Gasteiger partial charge in [-0.2, -0.15) is 0 Å². The topological polar surface area (TPSA) is 84.9 Å². The SMILES string of the molecule is O=C1CCCN1c1ccc(S(=O)(=O)NCc2ccc3c(c2)OCCO3)cc1. The van der Waals surface area contributed by atoms with Crippen molar-refractivity contribution >= 4 is 21.6 Å². The molecule has 1 fully saturated rings. The monoisotopic (exact) mass is 388 g/mol. The van der Waals surface area contributed by atoms with Crippen LogP contribution in [0.3, 0.4) is 0 Å². The number of nitrogens with zero attached hydrogens (tertiary/aromatic N) is 1. The van der Waals surface area contributed by atoms with Crippen molar-refractivity contribution in [1.82, 2.24) is 4.72 Å². The number of nitrogens with one attached hydrogen (secondary N) is 1. The molecule has 8 heteroatoms. The Morgan fingerprint density at radius 3 is 2.44 bits per heavy atom. The van der Waals surface area contributed by atoms with Crippen LogP contribution >= 0.6 is 0 Å². The van der Waals surface area contributed by atoms with Crippen molar-refractivity contribution in [3.05, 3.63) is 48.0 Å². The van der Waals surface area contributed by atoms with E-state index < -0.39 is 10.0 Å². The molecule has 27 heavy (non-hydrogen) atoms. The Balaban J connectivity index is 1.44. The lowest BCUT2D eigenvalue weighted by Crippen LogP contribution is -2.25. The Kier molecular flexibility index (Phi) is 4.75. The summed E-state index contributed by atoms with van der Waals surface area (Å²) >= 11 is 0. The minimum atomic E-state index is -3.66. The van der Waals surface area contributed by atoms with Gasteiger partial charge in [-0.15, -0.1) is 0 Å². The van der Waals surface area contributed by atoms with Gasteiger partial charge in [-0.25, -0.2) is 13.1 Å². The predicted molar refractivity (Wildman–Crippen MR) is 99.5 cm³/mol. The summed E-state index contributed by atoms with van der Waals surface area (Å²) in [6.45, 7) is 1.81. The van der Waals surface area contributed by atoms with Gasteiger partial charge in [0, 0.05) is 25.2 Å². The Morgan fingerprint density at radius 1 is 1.00 bits per heavy atom. The summed E-state index contributed by atoms with van der Waals surface area (Å²) in [6.07, 6.45) is 1.37. The highest BCUT2D eigenvalue weighted by Gasteiger charge is 2.22. The van der Waals surface area contributed by atoms with Crippen molar-refractivity contribution in [3.63, 3.8) is 0 Å². The van der Waals surface area contributed by atoms with Crippen LogP contribution in [0, 0.1) is 0 Å². The normalized spacial score (nSPS) is 16.6. The third kappa shape index (κ3) is 3.77. The molecule has 0 spiro atoms. The third-order valence-electron chi connectivity index (χ3n) is 4.61. The van der Waals surface area contributed by atoms with E-state index in [-0.39, 0.29) is 17.3 Å². The van der Waals surface area contributed by atoms with Crippen molar-refractivity contribution in [1.29, 1.82) is 0 Å². The maximum Gasteiger partial charge on any atom is 0.240 e. The highest BCUT2D eigenvalue weighted by Crippen LogP contribution is 2.31. The Bertz CT molecular complexity index is 957. The lowest BCUT2D eigenvalue weighted by atomic mass is 10.2. The lowest BCUT2D eigenvalue weighted by Gasteiger charge is -2.19. The van der Waals surface area contributed by atoms with E-state index in [1.165, 1.54) is 12.1 Å². The maximum atomic E-state index is 12.5. The molecule has 142 valence electrons. The van der Waals surface area contributed by atoms with Crippen LogP contribution in [0.2, 0.25) is 0 Å². The van der Waals surface area contributed by atoms with Crippen molar-refractivity contribution in [2.45, 2.75) is 24.3 Å². The van der Waals surface area contributed by atoms with Crippen LogP contribution in [-0.4, -0.2) is 34.1 Å². The number of sulfonamides is 1. The molecule has 4 rings (SSSR count). The Hall–Kier alpha value is -2.58. The van der Waals surface area contributed by atoms with E-state index in [1.807, 2.05) is 0 Å². The number of carbonyl (C=O) groups excluding carboxylic acids is 1. The van der Waals surface area contributed by atoms with E-state index in [4.69, 9.17) is 9.47 Å². The van der Waals surface area contributed by atoms with Gasteiger partial charge in [-0.3, -0.25) is 4.79 Å². The van der Waals surface area contributed by atoms with Crippen LogP contribution in [0.1, 0.15) is 18.4 Å². The van der Waals surface area contributed by atoms with Crippen LogP contribution in [-0.2, 0) is 21.4 Å². The first kappa shape index (κ1) is 17.8. The van der Waals surface area contributed by atoms with Gasteiger partial charge in [-0.1, -0.05) is 6.07 Å². The van der Waals surface area contributed by atoms with E-state index in [1.54, 1.807) is 35.2 Å². The molecule has 0 radical (unpaired) electrons. The summed E-state index contributed by atoms with van der Waals surface area (Å²) in [7, 11) is -3.66. The molecule has 1 N–H and O–H groups in total. The third-order valence-corrected chi connectivity index (χ3v) is 6.02. The van der Waals surface area contributed by atoms with Crippen LogP contribution in [0.15, 0.2) is 47.4 Å². The summed E-state index contributed by atoms with van der Waals surface area (Å²) in [4.78, 5) is 13.6. The first-order valence-electron chi connectivity index (χ1n) is 8.81. The summed E-state index contributed by atoms with van der Waals surface area (Å²) in [5, 5.41) is 0. The lowest BCUT2D eigenvalue weighted by molar-refractivity contribution is -0.117. The van der Waals surface area contributed by atoms with Gasteiger partial charge in [-0.05, 0) is 48.4 Å². The zero-order chi connectivity index (χ0) is 18.9. The Morgan fingerprint density at radius 2 is 1.74 bits per heavy atom. The fourth-order valence-electron chi connectivity index (χ4n) is 3.19. The number of amides is 1. The average molecular weight is 388 g/mol. The zero-order valence-electron chi connectivity index (χ0n) is 14.7. The van der Waals surface area contributed by atoms with Crippen molar-refractivity contribution < 1.29 is 22.7 Å². The van der Waals surface area contributed by atoms with Crippen LogP contribution < -0.4 is 19.1 Å². The Labute approximate surface area is 157 Å². The van der Waals surface area contributed by atoms with E-state index >= 15 is 0 Å². The fraction of sp³-hybridized carbons (Fsp3) is 0.316. The molecule has 2 aliphatic heterocycles. The molecule has 2 aliphatic rings. The smallest absolute Gasteiger partial charge is 0.240 e. The molecule has 0 bridgehead atoms. The second kappa shape index (κ2) is 7.21. The molecule has 0 aliphatic carbocycles. The first-order valence-corrected chi connectivity index (χ1v) is 10.3. The number of benzene rings is 2. The molecule has 1 amide bonds. The van der Waals surface area contributed by atoms with Crippen LogP contribution in [0.5, 0.6) is 11.5 Å². The quantitative estimate of drug-likeness (QED) is 0.848. The molecular weight excluding hydrogens is 368 g/mol. The molecule has 1 saturated heterocycles. The fourth-order valence-corrected chi connectivity index (χ4v) is 4.20. The molecule has 0 aromatic heterocycles. The number of hydrogen-bond donors (Lipinski definition) is 1. The molecular formula is C19H20N2O5S. The van der Waals surface area contributed by atoms with Gasteiger partial charge < -0.3 is 14.4 Å². The minimum Gasteiger partial charge on any atom is -0.486 e. The number of fused-ring (bicyclic) bond motifs is 1. The summed E-state index contributed by atoms with van der Waals surface area (Å²) in [6, 6.07) is 11.7. The van der Waals surface area contributed by atoms with E-state index in [9.17, 15) is 13.2 Å². The standard InChI is InChI=1S/C19H20N2O5S/c22-19-2-1-9-21(19)15-4-6-16(7-5-15)27(23,24)20-13-14-3-8-17-18(12-14)26-11-10-25-17/h3-8,12,20H,1-2,9-11,13H2. The molecule has 7 nitrogen and oxygen atoms in total. The molecule has 0 saturated carbocycles. The van der Waals surface area contributed by atoms with Crippen LogP contribution in [0.25, 0.3) is 0 Å². The molecule has 0 atom stereocenters. The molecule has 0 unspecified atom stereocenters. The summed E-state index contributed by atoms with van der Waals surface area (Å²) in [5.74, 6) is 1.36. The van der Waals surface area contributed by atoms with Gasteiger partial charge in [0.05, 0.1) is 4.90 Å². The van der Waals surface area contributed by atoms with Gasteiger partial charge in [0.2, 0.25) is 15.9 Å². The number of ether oxygens (including phenoxy) is 2. The molecule has 2 aromatic rings. The largest absolute Gasteiger partial charge is 0.486 e. The number of rotatable bonds is 5. The van der Waals surface area contributed by atoms with Gasteiger partial charge in [0.1, 0.15) is 13.2 Å². The second-order valence-electron chi connectivity index (χ2n) is 6.45. The highest BCUT2D eigenvalue weighted by molar-refractivity contribution is 7.89. The van der Waals surface area contributed by atoms with Crippen molar-refractivity contribution in [3.8, 4) is 11.5 Å². The highest BCUT2D eigenvalue weighted by atomic mass is 32.2. The first-order chi connectivity index (χ1) is 13.0. The number of hydrogen-bond acceptors (Lipinski definition) is 5. The van der Waals surface area contributed by atoms with E-state index in [0.717, 1.165) is 17.7 Å². The van der Waals surface area contributed by atoms with Gasteiger partial charge in [0.15, 0.2) is 11.5 Å². The van der Waals surface area contributed by atoms with Gasteiger partial charge >= 0.3 is 0 Å². The van der Waals surface area contributed by atoms with E-state index in [2.05, 4.69) is 4.72 Å². The van der Waals surface area contributed by atoms with Crippen LogP contribution in [0.4, 0.5) is 5.69 Å². The summed E-state index contributed by atoms with van der Waals surface area (Å²) < 4.78 is 38.7. The second-order valence-corrected chi connectivity index (χ2v) is 8.21. The molecule has 2 heterocycles. The maximum absolute atomic E-state index is 12.5. The predicted octanol–water partition coefficient (Wildman–Crippen LogP) is 2.06. The number of carbonyl (C=O) groups is 1. The van der Waals surface area contributed by atoms with Crippen molar-refractivity contribution in [2.75, 3.05) is 24.7 Å². The van der Waals surface area contributed by atoms with Gasteiger partial charge in [0.25, 0.3) is 0 Å². The van der Waals surface area contributed by atoms with E-state index in [0.29, 0.717) is 37.7 Å². The minimum absolute atomic E-state index is 0.0716. The zero-order valence-corrected chi connectivity index (χ0v) is 15.5. The molecule has 2 aromatic carbocycles. The van der Waals surface area contributed by atoms with Crippen molar-refractivity contribution in [2.24, 2.45) is 0 Å². The summed E-state index contributed by atoms with van der Waals surface area (Å²) in [5.41, 5.74) is 1.50.